The van der Waals surface area contributed by atoms with Crippen LogP contribution in [0.1, 0.15) is 26.6 Å². The number of carbonyl (C=O) groups is 1. The predicted molar refractivity (Wildman–Crippen MR) is 109 cm³/mol. The number of nitrogens with zero attached hydrogens (tertiary/aromatic N) is 3. The molecule has 3 aromatic heterocycles. The molecule has 0 saturated heterocycles. The zero-order chi connectivity index (χ0) is 18.8. The highest BCUT2D eigenvalue weighted by atomic mass is 32.1. The molecular formula is C21H20N4OS. The first kappa shape index (κ1) is 17.3. The van der Waals surface area contributed by atoms with Gasteiger partial charge in [-0.05, 0) is 61.7 Å². The average molecular weight is 376 g/mol. The van der Waals surface area contributed by atoms with E-state index < -0.39 is 0 Å². The molecule has 0 atom stereocenters. The average Bonchev–Trinajstić information content (AvgIpc) is 3.41. The van der Waals surface area contributed by atoms with Crippen LogP contribution in [0.3, 0.4) is 0 Å². The van der Waals surface area contributed by atoms with Crippen molar-refractivity contribution in [3.05, 3.63) is 88.1 Å². The standard InChI is InChI=1S/C21H20N4OS/c1-15-13-20(16(2)24(15)14-19-5-3-12-27-19)21(26)23-17-6-8-18(9-7-17)25-11-4-10-22-25/h3-13H,14H2,1-2H3,(H,23,26). The first-order valence-electron chi connectivity index (χ1n) is 8.72. The first-order chi connectivity index (χ1) is 13.1. The van der Waals surface area contributed by atoms with Gasteiger partial charge in [0.05, 0.1) is 17.8 Å². The lowest BCUT2D eigenvalue weighted by molar-refractivity contribution is 0.102. The van der Waals surface area contributed by atoms with E-state index in [9.17, 15) is 4.79 Å². The van der Waals surface area contributed by atoms with Crippen LogP contribution >= 0.6 is 11.3 Å². The number of benzene rings is 1. The van der Waals surface area contributed by atoms with Crippen molar-refractivity contribution in [2.45, 2.75) is 20.4 Å². The van der Waals surface area contributed by atoms with E-state index in [1.54, 1.807) is 22.2 Å². The maximum atomic E-state index is 12.8. The number of amides is 1. The van der Waals surface area contributed by atoms with E-state index in [0.29, 0.717) is 5.56 Å². The molecule has 1 amide bonds. The molecule has 0 aliphatic carbocycles. The van der Waals surface area contributed by atoms with Gasteiger partial charge in [-0.1, -0.05) is 6.07 Å². The maximum absolute atomic E-state index is 12.8. The summed E-state index contributed by atoms with van der Waals surface area (Å²) < 4.78 is 3.96. The molecule has 0 aliphatic rings. The highest BCUT2D eigenvalue weighted by Gasteiger charge is 2.16. The van der Waals surface area contributed by atoms with Gasteiger partial charge in [-0.3, -0.25) is 4.79 Å². The number of aryl methyl sites for hydroxylation is 1. The van der Waals surface area contributed by atoms with Gasteiger partial charge in [0, 0.05) is 34.3 Å². The number of carbonyl (C=O) groups excluding carboxylic acids is 1. The Hall–Kier alpha value is -3.12. The molecule has 6 heteroatoms. The van der Waals surface area contributed by atoms with E-state index in [0.717, 1.165) is 29.3 Å². The van der Waals surface area contributed by atoms with Crippen molar-refractivity contribution in [2.75, 3.05) is 5.32 Å². The quantitative estimate of drug-likeness (QED) is 0.551. The number of rotatable bonds is 5. The molecule has 1 aromatic carbocycles. The first-order valence-corrected chi connectivity index (χ1v) is 9.60. The summed E-state index contributed by atoms with van der Waals surface area (Å²) >= 11 is 1.73. The Balaban J connectivity index is 1.51. The molecule has 27 heavy (non-hydrogen) atoms. The number of hydrogen-bond acceptors (Lipinski definition) is 3. The fraction of sp³-hybridized carbons (Fsp3) is 0.143. The second kappa shape index (κ2) is 7.25. The number of aromatic nitrogens is 3. The molecule has 136 valence electrons. The Labute approximate surface area is 161 Å². The minimum Gasteiger partial charge on any atom is -0.343 e. The summed E-state index contributed by atoms with van der Waals surface area (Å²) in [6, 6.07) is 15.6. The molecule has 0 fully saturated rings. The van der Waals surface area contributed by atoms with Crippen LogP contribution < -0.4 is 5.32 Å². The van der Waals surface area contributed by atoms with Crippen LogP contribution in [0, 0.1) is 13.8 Å². The number of anilines is 1. The van der Waals surface area contributed by atoms with E-state index >= 15 is 0 Å². The van der Waals surface area contributed by atoms with Crippen molar-refractivity contribution in [3.63, 3.8) is 0 Å². The largest absolute Gasteiger partial charge is 0.343 e. The summed E-state index contributed by atoms with van der Waals surface area (Å²) in [4.78, 5) is 14.1. The molecule has 5 nitrogen and oxygen atoms in total. The third-order valence-electron chi connectivity index (χ3n) is 4.61. The number of hydrogen-bond donors (Lipinski definition) is 1. The van der Waals surface area contributed by atoms with E-state index in [1.807, 2.05) is 56.4 Å². The molecule has 0 unspecified atom stereocenters. The van der Waals surface area contributed by atoms with Gasteiger partial charge in [-0.2, -0.15) is 5.10 Å². The predicted octanol–water partition coefficient (Wildman–Crippen LogP) is 4.65. The van der Waals surface area contributed by atoms with Crippen LogP contribution in [0.15, 0.2) is 66.3 Å². The van der Waals surface area contributed by atoms with Gasteiger partial charge in [0.15, 0.2) is 0 Å². The van der Waals surface area contributed by atoms with Gasteiger partial charge in [0.1, 0.15) is 0 Å². The van der Waals surface area contributed by atoms with Crippen molar-refractivity contribution in [1.82, 2.24) is 14.3 Å². The van der Waals surface area contributed by atoms with Crippen molar-refractivity contribution in [2.24, 2.45) is 0 Å². The lowest BCUT2D eigenvalue weighted by atomic mass is 10.2. The highest BCUT2D eigenvalue weighted by Crippen LogP contribution is 2.21. The highest BCUT2D eigenvalue weighted by molar-refractivity contribution is 7.09. The van der Waals surface area contributed by atoms with Crippen molar-refractivity contribution >= 4 is 22.9 Å². The lowest BCUT2D eigenvalue weighted by Crippen LogP contribution is -2.13. The molecule has 0 aliphatic heterocycles. The topological polar surface area (TPSA) is 51.9 Å². The van der Waals surface area contributed by atoms with Crippen molar-refractivity contribution in [3.8, 4) is 5.69 Å². The molecular weight excluding hydrogens is 356 g/mol. The van der Waals surface area contributed by atoms with Gasteiger partial charge in [0.2, 0.25) is 0 Å². The van der Waals surface area contributed by atoms with E-state index in [-0.39, 0.29) is 5.91 Å². The maximum Gasteiger partial charge on any atom is 0.257 e. The van der Waals surface area contributed by atoms with Crippen LogP contribution in [0.2, 0.25) is 0 Å². The summed E-state index contributed by atoms with van der Waals surface area (Å²) in [6.45, 7) is 4.83. The summed E-state index contributed by atoms with van der Waals surface area (Å²) in [7, 11) is 0. The van der Waals surface area contributed by atoms with Gasteiger partial charge >= 0.3 is 0 Å². The van der Waals surface area contributed by atoms with Gasteiger partial charge in [-0.15, -0.1) is 11.3 Å². The van der Waals surface area contributed by atoms with Gasteiger partial charge in [-0.25, -0.2) is 4.68 Å². The van der Waals surface area contributed by atoms with Crippen LogP contribution in [-0.4, -0.2) is 20.3 Å². The minimum atomic E-state index is -0.0904. The van der Waals surface area contributed by atoms with Crippen molar-refractivity contribution < 1.29 is 4.79 Å². The molecule has 0 radical (unpaired) electrons. The second-order valence-corrected chi connectivity index (χ2v) is 7.43. The molecule has 4 rings (SSSR count). The molecule has 0 spiro atoms. The van der Waals surface area contributed by atoms with Crippen LogP contribution in [-0.2, 0) is 6.54 Å². The molecule has 0 saturated carbocycles. The number of thiophene rings is 1. The Bertz CT molecular complexity index is 1040. The zero-order valence-corrected chi connectivity index (χ0v) is 16.0. The summed E-state index contributed by atoms with van der Waals surface area (Å²) in [5.41, 5.74) is 4.48. The number of nitrogens with one attached hydrogen (secondary N) is 1. The van der Waals surface area contributed by atoms with Gasteiger partial charge in [0.25, 0.3) is 5.91 Å². The van der Waals surface area contributed by atoms with E-state index in [1.165, 1.54) is 4.88 Å². The lowest BCUT2D eigenvalue weighted by Gasteiger charge is -2.09. The second-order valence-electron chi connectivity index (χ2n) is 6.40. The Kier molecular flexibility index (Phi) is 4.64. The molecule has 4 aromatic rings. The van der Waals surface area contributed by atoms with Crippen LogP contribution in [0.4, 0.5) is 5.69 Å². The molecule has 1 N–H and O–H groups in total. The van der Waals surface area contributed by atoms with Crippen LogP contribution in [0.25, 0.3) is 5.69 Å². The zero-order valence-electron chi connectivity index (χ0n) is 15.2. The minimum absolute atomic E-state index is 0.0904. The normalized spacial score (nSPS) is 10.9. The summed E-state index contributed by atoms with van der Waals surface area (Å²) in [6.07, 6.45) is 3.62. The smallest absolute Gasteiger partial charge is 0.257 e. The van der Waals surface area contributed by atoms with Gasteiger partial charge < -0.3 is 9.88 Å². The van der Waals surface area contributed by atoms with E-state index in [2.05, 4.69) is 32.5 Å². The van der Waals surface area contributed by atoms with E-state index in [4.69, 9.17) is 0 Å². The Morgan fingerprint density at radius 2 is 1.96 bits per heavy atom. The summed E-state index contributed by atoms with van der Waals surface area (Å²) in [5, 5.41) is 9.27. The van der Waals surface area contributed by atoms with Crippen molar-refractivity contribution in [1.29, 1.82) is 0 Å². The third-order valence-corrected chi connectivity index (χ3v) is 5.47. The van der Waals surface area contributed by atoms with Crippen LogP contribution in [0.5, 0.6) is 0 Å². The third kappa shape index (κ3) is 3.57. The SMILES string of the molecule is Cc1cc(C(=O)Nc2ccc(-n3cccn3)cc2)c(C)n1Cc1cccs1. The Morgan fingerprint density at radius 3 is 2.63 bits per heavy atom. The monoisotopic (exact) mass is 376 g/mol. The fourth-order valence-electron chi connectivity index (χ4n) is 3.15. The fourth-order valence-corrected chi connectivity index (χ4v) is 3.84. The molecule has 0 bridgehead atoms. The Morgan fingerprint density at radius 1 is 1.15 bits per heavy atom. The molecule has 3 heterocycles. The summed E-state index contributed by atoms with van der Waals surface area (Å²) in [5.74, 6) is -0.0904.